The first-order chi connectivity index (χ1) is 5.76. The molecule has 0 aliphatic carbocycles. The molecular weight excluding hydrogens is 146 g/mol. The summed E-state index contributed by atoms with van der Waals surface area (Å²) in [4.78, 5) is 2.10. The Kier molecular flexibility index (Phi) is 3.03. The van der Waals surface area contributed by atoms with Crippen molar-refractivity contribution in [2.24, 2.45) is 5.41 Å². The number of hydrogen-bond acceptors (Lipinski definition) is 1. The van der Waals surface area contributed by atoms with Gasteiger partial charge < -0.3 is 4.90 Å². The molecule has 1 aliphatic rings. The standard InChI is InChI=1S/C11H19N/c1-4-11(5-2)7-9-12(6-3)10-8-11/h3H,4-5,7-10H2,1-2H3. The van der Waals surface area contributed by atoms with Crippen molar-refractivity contribution in [2.45, 2.75) is 39.5 Å². The number of hydrogen-bond donors (Lipinski definition) is 0. The van der Waals surface area contributed by atoms with Crippen LogP contribution in [0.3, 0.4) is 0 Å². The van der Waals surface area contributed by atoms with Crippen LogP contribution in [0.15, 0.2) is 0 Å². The first-order valence-corrected chi connectivity index (χ1v) is 4.97. The van der Waals surface area contributed by atoms with E-state index in [2.05, 4.69) is 24.8 Å². The SMILES string of the molecule is C#CN1CCC(CC)(CC)CC1. The summed E-state index contributed by atoms with van der Waals surface area (Å²) in [5, 5.41) is 0. The average molecular weight is 165 g/mol. The minimum absolute atomic E-state index is 0.605. The molecule has 0 spiro atoms. The van der Waals surface area contributed by atoms with Gasteiger partial charge in [-0.1, -0.05) is 33.1 Å². The predicted octanol–water partition coefficient (Wildman–Crippen LogP) is 2.48. The molecule has 0 bridgehead atoms. The fraction of sp³-hybridized carbons (Fsp3) is 0.818. The zero-order chi connectivity index (χ0) is 9.03. The summed E-state index contributed by atoms with van der Waals surface area (Å²) in [5.74, 6) is 0. The monoisotopic (exact) mass is 165 g/mol. The lowest BCUT2D eigenvalue weighted by Gasteiger charge is -2.39. The molecule has 0 atom stereocenters. The van der Waals surface area contributed by atoms with Crippen LogP contribution in [0.5, 0.6) is 0 Å². The molecule has 0 unspecified atom stereocenters. The van der Waals surface area contributed by atoms with E-state index < -0.39 is 0 Å². The third-order valence-electron chi connectivity index (χ3n) is 3.51. The van der Waals surface area contributed by atoms with Gasteiger partial charge in [0.25, 0.3) is 0 Å². The fourth-order valence-electron chi connectivity index (χ4n) is 2.07. The topological polar surface area (TPSA) is 3.24 Å². The Bertz CT molecular complexity index is 164. The van der Waals surface area contributed by atoms with Gasteiger partial charge in [0, 0.05) is 19.1 Å². The van der Waals surface area contributed by atoms with Crippen LogP contribution in [0.1, 0.15) is 39.5 Å². The number of nitrogens with zero attached hydrogens (tertiary/aromatic N) is 1. The van der Waals surface area contributed by atoms with E-state index in [4.69, 9.17) is 6.42 Å². The third-order valence-corrected chi connectivity index (χ3v) is 3.51. The van der Waals surface area contributed by atoms with E-state index in [-0.39, 0.29) is 0 Å². The molecule has 0 amide bonds. The van der Waals surface area contributed by atoms with Gasteiger partial charge in [0.1, 0.15) is 0 Å². The average Bonchev–Trinajstić information content (AvgIpc) is 2.18. The van der Waals surface area contributed by atoms with Crippen LogP contribution in [-0.4, -0.2) is 18.0 Å². The quantitative estimate of drug-likeness (QED) is 0.568. The van der Waals surface area contributed by atoms with Crippen molar-refractivity contribution in [2.75, 3.05) is 13.1 Å². The lowest BCUT2D eigenvalue weighted by Crippen LogP contribution is -2.36. The summed E-state index contributed by atoms with van der Waals surface area (Å²) in [7, 11) is 0. The smallest absolute Gasteiger partial charge is 0.0265 e. The van der Waals surface area contributed by atoms with Crippen LogP contribution in [0, 0.1) is 17.9 Å². The van der Waals surface area contributed by atoms with Crippen molar-refractivity contribution >= 4 is 0 Å². The summed E-state index contributed by atoms with van der Waals surface area (Å²) in [6, 6.07) is 2.72. The van der Waals surface area contributed by atoms with E-state index >= 15 is 0 Å². The molecule has 1 nitrogen and oxygen atoms in total. The fourth-order valence-corrected chi connectivity index (χ4v) is 2.07. The van der Waals surface area contributed by atoms with Crippen LogP contribution in [0.2, 0.25) is 0 Å². The zero-order valence-electron chi connectivity index (χ0n) is 8.27. The molecule has 1 saturated heterocycles. The van der Waals surface area contributed by atoms with Crippen molar-refractivity contribution in [3.63, 3.8) is 0 Å². The van der Waals surface area contributed by atoms with Crippen molar-refractivity contribution in [3.8, 4) is 12.5 Å². The summed E-state index contributed by atoms with van der Waals surface area (Å²) >= 11 is 0. The van der Waals surface area contributed by atoms with Crippen molar-refractivity contribution < 1.29 is 0 Å². The molecule has 12 heavy (non-hydrogen) atoms. The first kappa shape index (κ1) is 9.45. The molecule has 0 aromatic rings. The van der Waals surface area contributed by atoms with Gasteiger partial charge in [-0.3, -0.25) is 0 Å². The Hall–Kier alpha value is -0.640. The lowest BCUT2D eigenvalue weighted by molar-refractivity contribution is 0.130. The lowest BCUT2D eigenvalue weighted by atomic mass is 9.74. The summed E-state index contributed by atoms with van der Waals surface area (Å²) in [6.45, 7) is 6.79. The highest BCUT2D eigenvalue weighted by Gasteiger charge is 2.30. The van der Waals surface area contributed by atoms with Crippen LogP contribution < -0.4 is 0 Å². The normalized spacial score (nSPS) is 21.9. The second-order valence-corrected chi connectivity index (χ2v) is 3.82. The molecule has 68 valence electrons. The number of rotatable bonds is 2. The van der Waals surface area contributed by atoms with Gasteiger partial charge in [-0.05, 0) is 18.3 Å². The van der Waals surface area contributed by atoms with Gasteiger partial charge >= 0.3 is 0 Å². The van der Waals surface area contributed by atoms with Crippen molar-refractivity contribution in [1.29, 1.82) is 0 Å². The summed E-state index contributed by atoms with van der Waals surface area (Å²) in [6.07, 6.45) is 10.5. The van der Waals surface area contributed by atoms with E-state index in [1.54, 1.807) is 0 Å². The molecule has 0 radical (unpaired) electrons. The number of terminal acetylenes is 1. The van der Waals surface area contributed by atoms with E-state index in [0.717, 1.165) is 13.1 Å². The van der Waals surface area contributed by atoms with Crippen LogP contribution >= 0.6 is 0 Å². The molecule has 0 aromatic heterocycles. The maximum Gasteiger partial charge on any atom is 0.0265 e. The molecule has 1 heterocycles. The zero-order valence-corrected chi connectivity index (χ0v) is 8.27. The van der Waals surface area contributed by atoms with Gasteiger partial charge in [0.15, 0.2) is 0 Å². The van der Waals surface area contributed by atoms with E-state index in [9.17, 15) is 0 Å². The molecular formula is C11H19N. The van der Waals surface area contributed by atoms with E-state index in [1.165, 1.54) is 25.7 Å². The van der Waals surface area contributed by atoms with Crippen LogP contribution in [0.25, 0.3) is 0 Å². The van der Waals surface area contributed by atoms with Gasteiger partial charge in [-0.15, -0.1) is 0 Å². The van der Waals surface area contributed by atoms with Gasteiger partial charge in [0.05, 0.1) is 0 Å². The van der Waals surface area contributed by atoms with Crippen LogP contribution in [-0.2, 0) is 0 Å². The molecule has 1 heteroatoms. The van der Waals surface area contributed by atoms with Gasteiger partial charge in [-0.25, -0.2) is 0 Å². The van der Waals surface area contributed by atoms with Crippen LogP contribution in [0.4, 0.5) is 0 Å². The number of piperidine rings is 1. The Balaban J connectivity index is 2.49. The Morgan fingerprint density at radius 2 is 1.75 bits per heavy atom. The molecule has 0 saturated carbocycles. The Labute approximate surface area is 76.1 Å². The second kappa shape index (κ2) is 3.85. The Morgan fingerprint density at radius 3 is 2.08 bits per heavy atom. The highest BCUT2D eigenvalue weighted by molar-refractivity contribution is 4.92. The Morgan fingerprint density at radius 1 is 1.25 bits per heavy atom. The second-order valence-electron chi connectivity index (χ2n) is 3.82. The summed E-state index contributed by atoms with van der Waals surface area (Å²) < 4.78 is 0. The van der Waals surface area contributed by atoms with E-state index in [0.29, 0.717) is 5.41 Å². The molecule has 0 N–H and O–H groups in total. The van der Waals surface area contributed by atoms with E-state index in [1.807, 2.05) is 0 Å². The first-order valence-electron chi connectivity index (χ1n) is 4.97. The van der Waals surface area contributed by atoms with Gasteiger partial charge in [0.2, 0.25) is 0 Å². The maximum absolute atomic E-state index is 5.35. The minimum atomic E-state index is 0.605. The van der Waals surface area contributed by atoms with Crippen molar-refractivity contribution in [3.05, 3.63) is 0 Å². The molecule has 1 fully saturated rings. The van der Waals surface area contributed by atoms with Crippen molar-refractivity contribution in [1.82, 2.24) is 4.90 Å². The maximum atomic E-state index is 5.35. The number of likely N-dealkylation sites (tertiary alicyclic amines) is 1. The third kappa shape index (κ3) is 1.75. The largest absolute Gasteiger partial charge is 0.333 e. The molecule has 1 rings (SSSR count). The highest BCUT2D eigenvalue weighted by atomic mass is 15.1. The minimum Gasteiger partial charge on any atom is -0.333 e. The predicted molar refractivity (Wildman–Crippen MR) is 52.7 cm³/mol. The van der Waals surface area contributed by atoms with Gasteiger partial charge in [-0.2, -0.15) is 0 Å². The molecule has 1 aliphatic heterocycles. The molecule has 0 aromatic carbocycles. The highest BCUT2D eigenvalue weighted by Crippen LogP contribution is 2.37. The summed E-state index contributed by atoms with van der Waals surface area (Å²) in [5.41, 5.74) is 0.605.